The Bertz CT molecular complexity index is 386. The van der Waals surface area contributed by atoms with E-state index in [0.29, 0.717) is 6.61 Å². The van der Waals surface area contributed by atoms with Crippen molar-refractivity contribution in [2.24, 2.45) is 0 Å². The van der Waals surface area contributed by atoms with Gasteiger partial charge in [0.05, 0.1) is 19.3 Å². The number of rotatable bonds is 11. The van der Waals surface area contributed by atoms with Crippen LogP contribution in [0.3, 0.4) is 0 Å². The highest BCUT2D eigenvalue weighted by Gasteiger charge is 2.09. The maximum Gasteiger partial charge on any atom is 0.119 e. The third-order valence-electron chi connectivity index (χ3n) is 2.89. The molecule has 0 saturated carbocycles. The molecule has 120 valence electrons. The molecule has 0 aromatic heterocycles. The lowest BCUT2D eigenvalue weighted by molar-refractivity contribution is -0.0423. The topological polar surface area (TPSA) is 60.0 Å². The van der Waals surface area contributed by atoms with Crippen molar-refractivity contribution in [1.29, 1.82) is 0 Å². The highest BCUT2D eigenvalue weighted by Crippen LogP contribution is 2.13. The van der Waals surface area contributed by atoms with Crippen molar-refractivity contribution in [2.45, 2.75) is 32.6 Å². The number of ether oxygens (including phenoxy) is 3. The fraction of sp³-hybridized carbons (Fsp3) is 0.625. The molecule has 2 unspecified atom stereocenters. The second kappa shape index (κ2) is 10.6. The summed E-state index contributed by atoms with van der Waals surface area (Å²) < 4.78 is 16.0. The number of aliphatic hydroxyl groups is 1. The molecule has 0 saturated heterocycles. The first-order valence-corrected chi connectivity index (χ1v) is 7.36. The minimum absolute atomic E-state index is 0.0342. The predicted octanol–water partition coefficient (Wildman–Crippen LogP) is 1.59. The van der Waals surface area contributed by atoms with Gasteiger partial charge in [0.15, 0.2) is 0 Å². The quantitative estimate of drug-likeness (QED) is 0.649. The Kier molecular flexibility index (Phi) is 9.01. The zero-order valence-electron chi connectivity index (χ0n) is 13.2. The van der Waals surface area contributed by atoms with Crippen molar-refractivity contribution < 1.29 is 19.3 Å². The average molecular weight is 297 g/mol. The number of hydrogen-bond donors (Lipinski definition) is 2. The van der Waals surface area contributed by atoms with E-state index in [2.05, 4.69) is 12.2 Å². The summed E-state index contributed by atoms with van der Waals surface area (Å²) in [6, 6.07) is 7.85. The molecule has 0 amide bonds. The van der Waals surface area contributed by atoms with Gasteiger partial charge < -0.3 is 24.6 Å². The Morgan fingerprint density at radius 3 is 2.76 bits per heavy atom. The van der Waals surface area contributed by atoms with E-state index in [-0.39, 0.29) is 19.3 Å². The molecule has 1 aromatic rings. The maximum atomic E-state index is 9.84. The molecule has 0 heterocycles. The van der Waals surface area contributed by atoms with Crippen molar-refractivity contribution in [2.75, 3.05) is 33.5 Å². The van der Waals surface area contributed by atoms with Crippen LogP contribution in [-0.2, 0) is 16.0 Å². The molecule has 2 N–H and O–H groups in total. The van der Waals surface area contributed by atoms with Crippen molar-refractivity contribution in [1.82, 2.24) is 5.32 Å². The number of hydrogen-bond acceptors (Lipinski definition) is 5. The summed E-state index contributed by atoms with van der Waals surface area (Å²) in [7, 11) is 1.62. The third kappa shape index (κ3) is 8.02. The second-order valence-corrected chi connectivity index (χ2v) is 4.99. The number of nitrogens with one attached hydrogen (secondary N) is 1. The normalized spacial score (nSPS) is 13.9. The molecule has 21 heavy (non-hydrogen) atoms. The summed E-state index contributed by atoms with van der Waals surface area (Å²) >= 11 is 0. The molecule has 5 heteroatoms. The molecule has 0 aliphatic heterocycles. The zero-order chi connectivity index (χ0) is 15.5. The molecule has 1 aromatic carbocycles. The lowest BCUT2D eigenvalue weighted by atomic mass is 10.2. The Morgan fingerprint density at radius 1 is 1.24 bits per heavy atom. The van der Waals surface area contributed by atoms with Gasteiger partial charge >= 0.3 is 0 Å². The Morgan fingerprint density at radius 2 is 2.05 bits per heavy atom. The van der Waals surface area contributed by atoms with Gasteiger partial charge in [0.25, 0.3) is 0 Å². The molecule has 0 bridgehead atoms. The fourth-order valence-corrected chi connectivity index (χ4v) is 1.81. The van der Waals surface area contributed by atoms with Crippen LogP contribution in [-0.4, -0.2) is 50.8 Å². The smallest absolute Gasteiger partial charge is 0.119 e. The lowest BCUT2D eigenvalue weighted by Crippen LogP contribution is -2.27. The van der Waals surface area contributed by atoms with E-state index >= 15 is 0 Å². The molecule has 5 nitrogen and oxygen atoms in total. The number of benzene rings is 1. The molecule has 0 aliphatic carbocycles. The van der Waals surface area contributed by atoms with Gasteiger partial charge in [-0.05, 0) is 31.2 Å². The zero-order valence-corrected chi connectivity index (χ0v) is 13.2. The van der Waals surface area contributed by atoms with Crippen LogP contribution in [0, 0.1) is 0 Å². The molecule has 0 radical (unpaired) electrons. The first-order chi connectivity index (χ1) is 10.2. The summed E-state index contributed by atoms with van der Waals surface area (Å²) in [5.74, 6) is 0.759. The van der Waals surface area contributed by atoms with E-state index in [1.807, 2.05) is 31.2 Å². The Labute approximate surface area is 127 Å². The minimum Gasteiger partial charge on any atom is -0.491 e. The Hall–Kier alpha value is -1.14. The van der Waals surface area contributed by atoms with Crippen molar-refractivity contribution in [3.8, 4) is 5.75 Å². The molecule has 1 rings (SSSR count). The van der Waals surface area contributed by atoms with Gasteiger partial charge in [-0.1, -0.05) is 19.1 Å². The van der Waals surface area contributed by atoms with Gasteiger partial charge in [-0.25, -0.2) is 0 Å². The van der Waals surface area contributed by atoms with Crippen LogP contribution in [0.5, 0.6) is 5.75 Å². The van der Waals surface area contributed by atoms with Crippen molar-refractivity contribution in [3.05, 3.63) is 29.8 Å². The minimum atomic E-state index is -0.651. The Balaban J connectivity index is 2.30. The van der Waals surface area contributed by atoms with Crippen LogP contribution in [0.15, 0.2) is 24.3 Å². The monoisotopic (exact) mass is 297 g/mol. The summed E-state index contributed by atoms with van der Waals surface area (Å²) in [6.45, 7) is 6.68. The third-order valence-corrected chi connectivity index (χ3v) is 2.89. The standard InChI is InChI=1S/C16H27NO4/c1-4-17-9-14-6-5-7-16(8-14)21-12-15(18)11-20-13(2)10-19-3/h5-8,13,15,17-18H,4,9-12H2,1-3H3. The van der Waals surface area contributed by atoms with E-state index in [1.54, 1.807) is 7.11 Å². The van der Waals surface area contributed by atoms with E-state index < -0.39 is 6.10 Å². The number of methoxy groups -OCH3 is 1. The van der Waals surface area contributed by atoms with Crippen LogP contribution in [0.2, 0.25) is 0 Å². The SMILES string of the molecule is CCNCc1cccc(OCC(O)COC(C)COC)c1. The fourth-order valence-electron chi connectivity index (χ4n) is 1.81. The van der Waals surface area contributed by atoms with Crippen LogP contribution >= 0.6 is 0 Å². The molecule has 2 atom stereocenters. The van der Waals surface area contributed by atoms with Crippen LogP contribution in [0.25, 0.3) is 0 Å². The van der Waals surface area contributed by atoms with Crippen LogP contribution < -0.4 is 10.1 Å². The van der Waals surface area contributed by atoms with E-state index in [1.165, 1.54) is 0 Å². The van der Waals surface area contributed by atoms with Gasteiger partial charge in [-0.15, -0.1) is 0 Å². The molecule has 0 aliphatic rings. The summed E-state index contributed by atoms with van der Waals surface area (Å²) in [5.41, 5.74) is 1.16. The van der Waals surface area contributed by atoms with Crippen LogP contribution in [0.1, 0.15) is 19.4 Å². The molecule has 0 spiro atoms. The maximum absolute atomic E-state index is 9.84. The average Bonchev–Trinajstić information content (AvgIpc) is 2.49. The first kappa shape index (κ1) is 17.9. The van der Waals surface area contributed by atoms with Gasteiger partial charge in [-0.3, -0.25) is 0 Å². The van der Waals surface area contributed by atoms with Crippen LogP contribution in [0.4, 0.5) is 0 Å². The molecular formula is C16H27NO4. The second-order valence-electron chi connectivity index (χ2n) is 4.99. The largest absolute Gasteiger partial charge is 0.491 e. The lowest BCUT2D eigenvalue weighted by Gasteiger charge is -2.16. The van der Waals surface area contributed by atoms with E-state index in [4.69, 9.17) is 14.2 Å². The predicted molar refractivity (Wildman–Crippen MR) is 82.6 cm³/mol. The molecular weight excluding hydrogens is 270 g/mol. The van der Waals surface area contributed by atoms with Gasteiger partial charge in [0, 0.05) is 13.7 Å². The van der Waals surface area contributed by atoms with E-state index in [9.17, 15) is 5.11 Å². The first-order valence-electron chi connectivity index (χ1n) is 7.36. The van der Waals surface area contributed by atoms with Crippen molar-refractivity contribution >= 4 is 0 Å². The summed E-state index contributed by atoms with van der Waals surface area (Å²) in [5, 5.41) is 13.1. The van der Waals surface area contributed by atoms with Gasteiger partial charge in [-0.2, -0.15) is 0 Å². The van der Waals surface area contributed by atoms with E-state index in [0.717, 1.165) is 24.4 Å². The molecule has 0 fully saturated rings. The summed E-state index contributed by atoms with van der Waals surface area (Å²) in [4.78, 5) is 0. The highest BCUT2D eigenvalue weighted by atomic mass is 16.5. The number of aliphatic hydroxyl groups excluding tert-OH is 1. The van der Waals surface area contributed by atoms with Crippen molar-refractivity contribution in [3.63, 3.8) is 0 Å². The summed E-state index contributed by atoms with van der Waals surface area (Å²) in [6.07, 6.45) is -0.685. The van der Waals surface area contributed by atoms with Gasteiger partial charge in [0.1, 0.15) is 18.5 Å². The van der Waals surface area contributed by atoms with Gasteiger partial charge in [0.2, 0.25) is 0 Å². The highest BCUT2D eigenvalue weighted by molar-refractivity contribution is 5.28.